The summed E-state index contributed by atoms with van der Waals surface area (Å²) < 4.78 is 28.5. The quantitative estimate of drug-likeness (QED) is 0.0824. The summed E-state index contributed by atoms with van der Waals surface area (Å²) in [5.74, 6) is -0.858. The van der Waals surface area contributed by atoms with Crippen LogP contribution in [0.25, 0.3) is 5.53 Å². The number of para-hydroxylation sites is 1. The molecule has 0 N–H and O–H groups in total. The number of benzene rings is 2. The Kier molecular flexibility index (Phi) is 10.2. The van der Waals surface area contributed by atoms with Gasteiger partial charge in [0.15, 0.2) is 0 Å². The van der Waals surface area contributed by atoms with Crippen LogP contribution in [0.1, 0.15) is 25.0 Å². The fraction of sp³-hybridized carbons (Fsp3) is 0.304. The van der Waals surface area contributed by atoms with Gasteiger partial charge in [0.1, 0.15) is 5.75 Å². The van der Waals surface area contributed by atoms with Crippen molar-refractivity contribution in [1.29, 1.82) is 0 Å². The van der Waals surface area contributed by atoms with Crippen LogP contribution in [0.2, 0.25) is 0 Å². The van der Waals surface area contributed by atoms with Gasteiger partial charge in [-0.2, -0.15) is 0 Å². The van der Waals surface area contributed by atoms with E-state index < -0.39 is 19.0 Å². The van der Waals surface area contributed by atoms with Gasteiger partial charge in [-0.3, -0.25) is 4.90 Å². The zero-order valence-corrected chi connectivity index (χ0v) is 19.2. The molecule has 0 aliphatic carbocycles. The maximum atomic E-state index is 12.9. The van der Waals surface area contributed by atoms with Crippen LogP contribution in [-0.2, 0) is 31.5 Å². The van der Waals surface area contributed by atoms with Crippen LogP contribution >= 0.6 is 7.60 Å². The summed E-state index contributed by atoms with van der Waals surface area (Å²) in [6, 6.07) is 16.9. The molecule has 0 unspecified atom stereocenters. The molecular formula is C23H28N3O5P. The number of nitrogens with zero attached hydrogens (tertiary/aromatic N) is 3. The Morgan fingerprint density at radius 3 is 2.28 bits per heavy atom. The molecule has 0 amide bonds. The van der Waals surface area contributed by atoms with Crippen molar-refractivity contribution in [2.45, 2.75) is 26.9 Å². The SMILES string of the molecule is C=CCN(Cc1ccccc1)Cc1ccccc1OC(=O)C(=[N+]=[N-])P(=O)(OCC)OCC. The molecule has 0 aliphatic heterocycles. The molecule has 2 rings (SSSR count). The van der Waals surface area contributed by atoms with E-state index in [9.17, 15) is 14.9 Å². The van der Waals surface area contributed by atoms with Gasteiger partial charge in [0.2, 0.25) is 0 Å². The molecule has 0 radical (unpaired) electrons. The van der Waals surface area contributed by atoms with E-state index in [4.69, 9.17) is 13.8 Å². The highest BCUT2D eigenvalue weighted by Gasteiger charge is 2.47. The lowest BCUT2D eigenvalue weighted by Gasteiger charge is -2.22. The summed E-state index contributed by atoms with van der Waals surface area (Å²) in [6.07, 6.45) is 1.80. The van der Waals surface area contributed by atoms with E-state index in [0.29, 0.717) is 19.6 Å². The second-order valence-electron chi connectivity index (χ2n) is 6.70. The summed E-state index contributed by atoms with van der Waals surface area (Å²) in [5.41, 5.74) is 10.4. The largest absolute Gasteiger partial charge is 0.485 e. The minimum Gasteiger partial charge on any atom is -0.417 e. The van der Waals surface area contributed by atoms with Crippen molar-refractivity contribution in [2.24, 2.45) is 0 Å². The second kappa shape index (κ2) is 12.9. The van der Waals surface area contributed by atoms with E-state index >= 15 is 0 Å². The minimum absolute atomic E-state index is 0.00381. The molecule has 2 aromatic carbocycles. The first-order valence-electron chi connectivity index (χ1n) is 10.3. The van der Waals surface area contributed by atoms with Crippen molar-refractivity contribution in [3.05, 3.63) is 83.9 Å². The van der Waals surface area contributed by atoms with Gasteiger partial charge >= 0.3 is 19.0 Å². The monoisotopic (exact) mass is 457 g/mol. The van der Waals surface area contributed by atoms with Gasteiger partial charge < -0.3 is 19.3 Å². The Morgan fingerprint density at radius 1 is 1.06 bits per heavy atom. The number of hydrogen-bond donors (Lipinski definition) is 0. The zero-order chi connectivity index (χ0) is 23.4. The third kappa shape index (κ3) is 7.09. The Labute approximate surface area is 188 Å². The van der Waals surface area contributed by atoms with Crippen molar-refractivity contribution in [3.8, 4) is 5.75 Å². The van der Waals surface area contributed by atoms with Gasteiger partial charge in [-0.1, -0.05) is 54.6 Å². The molecule has 9 heteroatoms. The summed E-state index contributed by atoms with van der Waals surface area (Å²) in [5, 5.41) is 0. The Bertz CT molecular complexity index is 996. The first kappa shape index (κ1) is 25.4. The van der Waals surface area contributed by atoms with Crippen LogP contribution in [0.15, 0.2) is 67.3 Å². The number of rotatable bonds is 13. The summed E-state index contributed by atoms with van der Waals surface area (Å²) in [6.45, 7) is 8.73. The lowest BCUT2D eigenvalue weighted by atomic mass is 10.1. The minimum atomic E-state index is -4.12. The summed E-state index contributed by atoms with van der Waals surface area (Å²) >= 11 is 0. The van der Waals surface area contributed by atoms with E-state index in [0.717, 1.165) is 11.1 Å². The van der Waals surface area contributed by atoms with Gasteiger partial charge in [0, 0.05) is 25.2 Å². The maximum Gasteiger partial charge on any atom is 0.485 e. The molecule has 0 heterocycles. The van der Waals surface area contributed by atoms with Crippen LogP contribution in [0, 0.1) is 0 Å². The Morgan fingerprint density at radius 2 is 1.69 bits per heavy atom. The maximum absolute atomic E-state index is 12.9. The predicted octanol–water partition coefficient (Wildman–Crippen LogP) is 4.67. The molecule has 0 saturated carbocycles. The lowest BCUT2D eigenvalue weighted by molar-refractivity contribution is -0.131. The number of carbonyl (C=O) groups excluding carboxylic acids is 1. The van der Waals surface area contributed by atoms with Gasteiger partial charge in [0.05, 0.1) is 13.2 Å². The Balaban J connectivity index is 2.24. The van der Waals surface area contributed by atoms with Crippen LogP contribution < -0.4 is 4.74 Å². The molecule has 0 fully saturated rings. The lowest BCUT2D eigenvalue weighted by Crippen LogP contribution is -2.26. The number of ether oxygens (including phenoxy) is 1. The third-order valence-electron chi connectivity index (χ3n) is 4.34. The van der Waals surface area contributed by atoms with E-state index in [1.165, 1.54) is 0 Å². The van der Waals surface area contributed by atoms with Gasteiger partial charge in [-0.15, -0.1) is 11.4 Å². The average Bonchev–Trinajstić information content (AvgIpc) is 2.76. The van der Waals surface area contributed by atoms with Crippen molar-refractivity contribution in [1.82, 2.24) is 4.90 Å². The highest BCUT2D eigenvalue weighted by Crippen LogP contribution is 2.49. The van der Waals surface area contributed by atoms with E-state index in [1.807, 2.05) is 42.5 Å². The van der Waals surface area contributed by atoms with Crippen LogP contribution in [-0.4, -0.2) is 40.9 Å². The molecule has 8 nitrogen and oxygen atoms in total. The number of esters is 1. The molecule has 0 saturated heterocycles. The highest BCUT2D eigenvalue weighted by atomic mass is 31.2. The number of hydrogen-bond acceptors (Lipinski definition) is 6. The van der Waals surface area contributed by atoms with Gasteiger partial charge in [-0.05, 0) is 25.5 Å². The van der Waals surface area contributed by atoms with Crippen molar-refractivity contribution in [2.75, 3.05) is 19.8 Å². The fourth-order valence-electron chi connectivity index (χ4n) is 3.04. The van der Waals surface area contributed by atoms with Crippen molar-refractivity contribution in [3.63, 3.8) is 0 Å². The van der Waals surface area contributed by atoms with Crippen LogP contribution in [0.4, 0.5) is 0 Å². The van der Waals surface area contributed by atoms with Gasteiger partial charge in [-0.25, -0.2) is 9.36 Å². The smallest absolute Gasteiger partial charge is 0.417 e. The molecule has 0 atom stereocenters. The fourth-order valence-corrected chi connectivity index (χ4v) is 4.41. The summed E-state index contributed by atoms with van der Waals surface area (Å²) in [7, 11) is -4.12. The molecule has 170 valence electrons. The third-order valence-corrected chi connectivity index (χ3v) is 6.33. The van der Waals surface area contributed by atoms with E-state index in [-0.39, 0.29) is 19.0 Å². The molecular weight excluding hydrogens is 429 g/mol. The molecule has 2 aromatic rings. The second-order valence-corrected chi connectivity index (χ2v) is 8.63. The molecule has 0 bridgehead atoms. The molecule has 0 aromatic heterocycles. The first-order chi connectivity index (χ1) is 15.5. The van der Waals surface area contributed by atoms with Crippen molar-refractivity contribution < 1.29 is 27.9 Å². The normalized spacial score (nSPS) is 11.1. The summed E-state index contributed by atoms with van der Waals surface area (Å²) in [4.78, 5) is 17.7. The van der Waals surface area contributed by atoms with E-state index in [2.05, 4.69) is 16.3 Å². The van der Waals surface area contributed by atoms with Crippen molar-refractivity contribution >= 4 is 19.0 Å². The first-order valence-corrected chi connectivity index (χ1v) is 11.8. The molecule has 0 aliphatic rings. The predicted molar refractivity (Wildman–Crippen MR) is 122 cm³/mol. The molecule has 0 spiro atoms. The topological polar surface area (TPSA) is 101 Å². The highest BCUT2D eigenvalue weighted by molar-refractivity contribution is 7.74. The average molecular weight is 457 g/mol. The standard InChI is InChI=1S/C23H28N3O5P/c1-4-16-26(17-19-12-8-7-9-13-19)18-20-14-10-11-15-21(20)31-23(27)22(25-24)32(28,29-5-2)30-6-3/h4,7-15H,1,5-6,16-18H2,2-3H3. The van der Waals surface area contributed by atoms with Crippen LogP contribution in [0.3, 0.4) is 0 Å². The van der Waals surface area contributed by atoms with E-state index in [1.54, 1.807) is 32.1 Å². The van der Waals surface area contributed by atoms with Gasteiger partial charge in [0.25, 0.3) is 0 Å². The zero-order valence-electron chi connectivity index (χ0n) is 18.3. The van der Waals surface area contributed by atoms with Crippen LogP contribution in [0.5, 0.6) is 5.75 Å². The Hall–Kier alpha value is -2.86. The number of carbonyl (C=O) groups is 1. The molecule has 32 heavy (non-hydrogen) atoms.